The van der Waals surface area contributed by atoms with Crippen LogP contribution in [-0.2, 0) is 21.1 Å². The number of aromatic nitrogens is 4. The molecule has 0 aliphatic heterocycles. The average Bonchev–Trinajstić information content (AvgIpc) is 3.53. The minimum Gasteiger partial charge on any atom is -0.509 e. The van der Waals surface area contributed by atoms with E-state index >= 15 is 0 Å². The molecule has 6 heteroatoms. The average molecular weight is 826 g/mol. The van der Waals surface area contributed by atoms with Crippen LogP contribution in [0.1, 0.15) is 78.7 Å². The number of ether oxygens (including phenoxy) is 1. The van der Waals surface area contributed by atoms with Gasteiger partial charge in [0.15, 0.2) is 0 Å². The second kappa shape index (κ2) is 13.4. The Kier molecular flexibility index (Phi) is 9.44. The fourth-order valence-corrected chi connectivity index (χ4v) is 7.07. The predicted molar refractivity (Wildman–Crippen MR) is 197 cm³/mol. The first-order chi connectivity index (χ1) is 23.0. The quantitative estimate of drug-likeness (QED) is 0.150. The fraction of sp³-hybridized carbons (Fsp3) is 0.256. The van der Waals surface area contributed by atoms with Crippen molar-refractivity contribution in [1.29, 1.82) is 0 Å². The molecule has 0 fully saturated rings. The van der Waals surface area contributed by atoms with Crippen LogP contribution in [0.4, 0.5) is 0 Å². The van der Waals surface area contributed by atoms with Crippen molar-refractivity contribution in [3.8, 4) is 34.1 Å². The number of benzene rings is 4. The van der Waals surface area contributed by atoms with Gasteiger partial charge in [-0.25, -0.2) is 4.98 Å². The molecule has 0 amide bonds. The van der Waals surface area contributed by atoms with Gasteiger partial charge in [0.2, 0.25) is 0 Å². The second-order valence-corrected chi connectivity index (χ2v) is 13.7. The summed E-state index contributed by atoms with van der Waals surface area (Å²) in [6, 6.07) is 32.7. The van der Waals surface area contributed by atoms with Crippen LogP contribution in [0.15, 0.2) is 79.0 Å². The summed E-state index contributed by atoms with van der Waals surface area (Å²) in [4.78, 5) is 4.79. The van der Waals surface area contributed by atoms with Crippen LogP contribution >= 0.6 is 0 Å². The molecule has 0 unspecified atom stereocenters. The molecule has 0 saturated carbocycles. The van der Waals surface area contributed by atoms with Crippen molar-refractivity contribution in [3.63, 3.8) is 0 Å². The van der Waals surface area contributed by atoms with Gasteiger partial charge in [-0.1, -0.05) is 69.1 Å². The van der Waals surface area contributed by atoms with Crippen LogP contribution in [0.3, 0.4) is 0 Å². The Labute approximate surface area is 304 Å². The van der Waals surface area contributed by atoms with Gasteiger partial charge in [-0.2, -0.15) is 11.2 Å². The van der Waals surface area contributed by atoms with E-state index in [2.05, 4.69) is 146 Å². The van der Waals surface area contributed by atoms with E-state index in [-0.39, 0.29) is 27.0 Å². The summed E-state index contributed by atoms with van der Waals surface area (Å²) < 4.78 is 10.8. The molecule has 7 rings (SSSR count). The number of rotatable bonds is 7. The normalized spacial score (nSPS) is 11.6. The van der Waals surface area contributed by atoms with Crippen molar-refractivity contribution in [1.82, 2.24) is 19.3 Å². The summed E-state index contributed by atoms with van der Waals surface area (Å²) in [5.74, 6) is 2.80. The minimum atomic E-state index is 0. The molecule has 0 saturated heterocycles. The maximum Gasteiger partial charge on any atom is 2.00 e. The van der Waals surface area contributed by atoms with E-state index in [1.54, 1.807) is 0 Å². The summed E-state index contributed by atoms with van der Waals surface area (Å²) in [7, 11) is 0. The molecule has 0 aliphatic rings. The van der Waals surface area contributed by atoms with Gasteiger partial charge in [-0.15, -0.1) is 41.3 Å². The SMILES string of the molecule is Cc1cc(C)c(-c2c(C)nn(-c3[c-]c(Oc4[c-]c5c(cc4)c4ccccc4n5-c4cc(C(C)C)ccn4)cc(C(C)C)c3)c2C)c(C)c1.[Pt+2]. The van der Waals surface area contributed by atoms with Crippen LogP contribution in [0.25, 0.3) is 44.4 Å². The maximum absolute atomic E-state index is 6.62. The molecule has 0 aliphatic carbocycles. The van der Waals surface area contributed by atoms with E-state index in [4.69, 9.17) is 14.8 Å². The van der Waals surface area contributed by atoms with E-state index in [1.165, 1.54) is 33.4 Å². The third kappa shape index (κ3) is 6.26. The molecule has 0 bridgehead atoms. The number of para-hydroxylation sites is 1. The Balaban J connectivity index is 0.00000417. The van der Waals surface area contributed by atoms with E-state index in [9.17, 15) is 0 Å². The van der Waals surface area contributed by atoms with Crippen molar-refractivity contribution >= 4 is 21.8 Å². The molecule has 0 radical (unpaired) electrons. The van der Waals surface area contributed by atoms with Gasteiger partial charge in [0, 0.05) is 34.5 Å². The van der Waals surface area contributed by atoms with Crippen molar-refractivity contribution in [2.24, 2.45) is 0 Å². The first-order valence-corrected chi connectivity index (χ1v) is 16.8. The molecule has 0 atom stereocenters. The molecule has 0 N–H and O–H groups in total. The number of nitrogens with zero attached hydrogens (tertiary/aromatic N) is 4. The van der Waals surface area contributed by atoms with Crippen LogP contribution in [0, 0.1) is 46.8 Å². The number of pyridine rings is 1. The smallest absolute Gasteiger partial charge is 0.509 e. The summed E-state index contributed by atoms with van der Waals surface area (Å²) in [6.45, 7) is 19.6. The summed E-state index contributed by atoms with van der Waals surface area (Å²) in [5.41, 5.74) is 13.6. The summed E-state index contributed by atoms with van der Waals surface area (Å²) >= 11 is 0. The van der Waals surface area contributed by atoms with Gasteiger partial charge in [0.1, 0.15) is 5.82 Å². The first-order valence-electron chi connectivity index (χ1n) is 16.8. The number of fused-ring (bicyclic) bond motifs is 3. The van der Waals surface area contributed by atoms with Gasteiger partial charge in [0.05, 0.1) is 5.69 Å². The monoisotopic (exact) mass is 825 g/mol. The second-order valence-electron chi connectivity index (χ2n) is 13.7. The first kappa shape index (κ1) is 34.4. The number of aryl methyl sites for hydroxylation is 4. The van der Waals surface area contributed by atoms with Gasteiger partial charge < -0.3 is 9.30 Å². The zero-order chi connectivity index (χ0) is 33.9. The molecule has 3 heterocycles. The molecule has 3 aromatic heterocycles. The number of hydrogen-bond acceptors (Lipinski definition) is 3. The molecule has 49 heavy (non-hydrogen) atoms. The van der Waals surface area contributed by atoms with E-state index < -0.39 is 0 Å². The molecule has 0 spiro atoms. The van der Waals surface area contributed by atoms with E-state index in [0.717, 1.165) is 50.3 Å². The van der Waals surface area contributed by atoms with Crippen LogP contribution < -0.4 is 4.74 Å². The van der Waals surface area contributed by atoms with E-state index in [1.807, 2.05) is 16.9 Å². The van der Waals surface area contributed by atoms with Crippen molar-refractivity contribution in [2.45, 2.75) is 74.1 Å². The molecular weight excluding hydrogens is 784 g/mol. The third-order valence-corrected chi connectivity index (χ3v) is 9.41. The van der Waals surface area contributed by atoms with Gasteiger partial charge in [-0.3, -0.25) is 4.68 Å². The zero-order valence-corrected chi connectivity index (χ0v) is 31.9. The third-order valence-electron chi connectivity index (χ3n) is 9.41. The minimum absolute atomic E-state index is 0. The number of hydrogen-bond donors (Lipinski definition) is 0. The molecule has 250 valence electrons. The Hall–Kier alpha value is -4.47. The summed E-state index contributed by atoms with van der Waals surface area (Å²) in [5, 5.41) is 7.31. The Morgan fingerprint density at radius 1 is 0.694 bits per heavy atom. The predicted octanol–water partition coefficient (Wildman–Crippen LogP) is 11.2. The summed E-state index contributed by atoms with van der Waals surface area (Å²) in [6.07, 6.45) is 1.89. The Morgan fingerprint density at radius 3 is 2.12 bits per heavy atom. The van der Waals surface area contributed by atoms with Crippen molar-refractivity contribution in [2.75, 3.05) is 0 Å². The molecule has 4 aromatic carbocycles. The van der Waals surface area contributed by atoms with Gasteiger partial charge >= 0.3 is 21.1 Å². The van der Waals surface area contributed by atoms with E-state index in [0.29, 0.717) is 17.4 Å². The van der Waals surface area contributed by atoms with Crippen molar-refractivity contribution in [3.05, 3.63) is 130 Å². The fourth-order valence-electron chi connectivity index (χ4n) is 7.07. The zero-order valence-electron chi connectivity index (χ0n) is 29.7. The Morgan fingerprint density at radius 2 is 1.41 bits per heavy atom. The topological polar surface area (TPSA) is 44.9 Å². The Bertz CT molecular complexity index is 2320. The van der Waals surface area contributed by atoms with Gasteiger partial charge in [0.25, 0.3) is 0 Å². The van der Waals surface area contributed by atoms with Crippen LogP contribution in [-0.4, -0.2) is 19.3 Å². The largest absolute Gasteiger partial charge is 2.00 e. The van der Waals surface area contributed by atoms with Gasteiger partial charge in [-0.05, 0) is 98.0 Å². The maximum atomic E-state index is 6.62. The standard InChI is InChI=1S/C43H42N4O.Pt/c1-25(2)32-16-17-44-41(22-32)46-39-13-11-10-12-37(39)38-15-14-35(24-40(38)46)48-36-21-33(26(3)4)20-34(23-36)47-31(9)43(30(8)45-47)42-28(6)18-27(5)19-29(42)7;/h10-22,25-26H,1-9H3;/q-2;+2. The molecule has 5 nitrogen and oxygen atoms in total. The van der Waals surface area contributed by atoms with Crippen LogP contribution in [0.5, 0.6) is 11.5 Å². The molecular formula is C43H42N4OPt. The van der Waals surface area contributed by atoms with Crippen LogP contribution in [0.2, 0.25) is 0 Å². The van der Waals surface area contributed by atoms with Crippen molar-refractivity contribution < 1.29 is 25.8 Å². The molecule has 7 aromatic rings.